The van der Waals surface area contributed by atoms with E-state index in [1.54, 1.807) is 20.3 Å². The maximum absolute atomic E-state index is 13.5. The first kappa shape index (κ1) is 23.1. The molecule has 0 saturated carbocycles. The maximum Gasteiger partial charge on any atom is 0.254 e. The van der Waals surface area contributed by atoms with E-state index in [0.717, 1.165) is 38.9 Å². The molecule has 1 heterocycles. The van der Waals surface area contributed by atoms with E-state index < -0.39 is 0 Å². The zero-order valence-corrected chi connectivity index (χ0v) is 18.6. The van der Waals surface area contributed by atoms with Crippen molar-refractivity contribution in [2.75, 3.05) is 53.6 Å². The molecule has 0 bridgehead atoms. The minimum atomic E-state index is 0.0345. The van der Waals surface area contributed by atoms with Crippen LogP contribution < -0.4 is 14.8 Å². The summed E-state index contributed by atoms with van der Waals surface area (Å²) >= 11 is 0. The van der Waals surface area contributed by atoms with Gasteiger partial charge in [-0.15, -0.1) is 0 Å². The van der Waals surface area contributed by atoms with Crippen LogP contribution in [0.3, 0.4) is 0 Å². The molecular formula is C25H34N2O4. The first-order chi connectivity index (χ1) is 15.2. The number of rotatable bonds is 12. The van der Waals surface area contributed by atoms with Gasteiger partial charge in [0.15, 0.2) is 11.5 Å². The number of methoxy groups -OCH3 is 2. The molecule has 1 aliphatic rings. The summed E-state index contributed by atoms with van der Waals surface area (Å²) in [5, 5.41) is 3.40. The molecule has 6 heteroatoms. The zero-order valence-electron chi connectivity index (χ0n) is 18.6. The van der Waals surface area contributed by atoms with Gasteiger partial charge in [0, 0.05) is 38.8 Å². The van der Waals surface area contributed by atoms with Crippen molar-refractivity contribution in [2.24, 2.45) is 5.92 Å². The van der Waals surface area contributed by atoms with Gasteiger partial charge in [0.2, 0.25) is 0 Å². The second-order valence-corrected chi connectivity index (χ2v) is 7.91. The number of benzene rings is 2. The van der Waals surface area contributed by atoms with E-state index in [1.165, 1.54) is 5.56 Å². The lowest BCUT2D eigenvalue weighted by Gasteiger charge is -2.26. The average molecular weight is 427 g/mol. The summed E-state index contributed by atoms with van der Waals surface area (Å²) in [6.07, 6.45) is 2.71. The lowest BCUT2D eigenvalue weighted by Crippen LogP contribution is -2.37. The van der Waals surface area contributed by atoms with Crippen LogP contribution in [0.15, 0.2) is 48.5 Å². The van der Waals surface area contributed by atoms with Gasteiger partial charge in [0.1, 0.15) is 0 Å². The number of hydrogen-bond donors (Lipinski definition) is 1. The number of ether oxygens (including phenoxy) is 3. The Morgan fingerprint density at radius 3 is 2.65 bits per heavy atom. The lowest BCUT2D eigenvalue weighted by atomic mass is 10.1. The molecule has 168 valence electrons. The Morgan fingerprint density at radius 2 is 1.94 bits per heavy atom. The lowest BCUT2D eigenvalue weighted by molar-refractivity contribution is 0.0733. The summed E-state index contributed by atoms with van der Waals surface area (Å²) in [5.74, 6) is 1.75. The van der Waals surface area contributed by atoms with Crippen LogP contribution in [0, 0.1) is 5.92 Å². The van der Waals surface area contributed by atoms with Crippen molar-refractivity contribution in [2.45, 2.75) is 19.3 Å². The van der Waals surface area contributed by atoms with E-state index in [4.69, 9.17) is 14.2 Å². The molecule has 1 unspecified atom stereocenters. The molecule has 1 N–H and O–H groups in total. The average Bonchev–Trinajstić information content (AvgIpc) is 3.33. The molecule has 6 nitrogen and oxygen atoms in total. The van der Waals surface area contributed by atoms with Crippen LogP contribution in [0.1, 0.15) is 28.8 Å². The molecule has 31 heavy (non-hydrogen) atoms. The van der Waals surface area contributed by atoms with Crippen LogP contribution in [0.5, 0.6) is 11.5 Å². The van der Waals surface area contributed by atoms with E-state index in [-0.39, 0.29) is 5.91 Å². The molecule has 0 aromatic heterocycles. The van der Waals surface area contributed by atoms with Gasteiger partial charge in [-0.1, -0.05) is 30.3 Å². The highest BCUT2D eigenvalue weighted by Gasteiger charge is 2.23. The van der Waals surface area contributed by atoms with E-state index in [9.17, 15) is 4.79 Å². The Balaban J connectivity index is 1.73. The molecule has 1 amide bonds. The summed E-state index contributed by atoms with van der Waals surface area (Å²) in [6, 6.07) is 15.8. The normalized spacial score (nSPS) is 15.6. The third kappa shape index (κ3) is 6.97. The van der Waals surface area contributed by atoms with Crippen LogP contribution in [0.25, 0.3) is 0 Å². The Labute approximate surface area is 185 Å². The smallest absolute Gasteiger partial charge is 0.254 e. The predicted molar refractivity (Wildman–Crippen MR) is 122 cm³/mol. The third-order valence-corrected chi connectivity index (χ3v) is 5.60. The summed E-state index contributed by atoms with van der Waals surface area (Å²) < 4.78 is 16.4. The highest BCUT2D eigenvalue weighted by atomic mass is 16.5. The predicted octanol–water partition coefficient (Wildman–Crippen LogP) is 3.40. The Morgan fingerprint density at radius 1 is 1.10 bits per heavy atom. The minimum Gasteiger partial charge on any atom is -0.493 e. The molecular weight excluding hydrogens is 392 g/mol. The van der Waals surface area contributed by atoms with Crippen molar-refractivity contribution in [1.82, 2.24) is 10.2 Å². The molecule has 2 aromatic rings. The van der Waals surface area contributed by atoms with Gasteiger partial charge in [0.25, 0.3) is 5.91 Å². The first-order valence-corrected chi connectivity index (χ1v) is 11.0. The molecule has 0 aliphatic carbocycles. The highest BCUT2D eigenvalue weighted by molar-refractivity contribution is 5.95. The number of nitrogens with zero attached hydrogens (tertiary/aromatic N) is 1. The molecule has 1 aliphatic heterocycles. The van der Waals surface area contributed by atoms with E-state index >= 15 is 0 Å². The van der Waals surface area contributed by atoms with E-state index in [2.05, 4.69) is 17.4 Å². The van der Waals surface area contributed by atoms with Crippen molar-refractivity contribution in [3.8, 4) is 11.5 Å². The maximum atomic E-state index is 13.5. The number of hydrogen-bond acceptors (Lipinski definition) is 5. The quantitative estimate of drug-likeness (QED) is 0.527. The number of carbonyl (C=O) groups excluding carboxylic acids is 1. The Bertz CT molecular complexity index is 806. The first-order valence-electron chi connectivity index (χ1n) is 11.0. The number of nitrogens with one attached hydrogen (secondary N) is 1. The van der Waals surface area contributed by atoms with Crippen molar-refractivity contribution >= 4 is 5.91 Å². The van der Waals surface area contributed by atoms with Crippen LogP contribution in [0.2, 0.25) is 0 Å². The second kappa shape index (κ2) is 12.3. The van der Waals surface area contributed by atoms with Crippen LogP contribution in [-0.4, -0.2) is 64.4 Å². The summed E-state index contributed by atoms with van der Waals surface area (Å²) in [4.78, 5) is 15.5. The monoisotopic (exact) mass is 426 g/mol. The molecule has 0 radical (unpaired) electrons. The van der Waals surface area contributed by atoms with Gasteiger partial charge in [0.05, 0.1) is 13.7 Å². The summed E-state index contributed by atoms with van der Waals surface area (Å²) in [7, 11) is 3.28. The van der Waals surface area contributed by atoms with Gasteiger partial charge in [-0.25, -0.2) is 0 Å². The molecule has 1 saturated heterocycles. The Kier molecular flexibility index (Phi) is 9.18. The zero-order chi connectivity index (χ0) is 21.9. The van der Waals surface area contributed by atoms with Gasteiger partial charge in [-0.3, -0.25) is 4.79 Å². The molecule has 0 spiro atoms. The fourth-order valence-corrected chi connectivity index (χ4v) is 3.86. The molecule has 1 atom stereocenters. The van der Waals surface area contributed by atoms with Crippen LogP contribution in [0.4, 0.5) is 0 Å². The molecule has 3 rings (SSSR count). The largest absolute Gasteiger partial charge is 0.493 e. The summed E-state index contributed by atoms with van der Waals surface area (Å²) in [5.41, 5.74) is 1.86. The van der Waals surface area contributed by atoms with E-state index in [1.807, 2.05) is 35.2 Å². The Hall–Kier alpha value is -2.57. The fourth-order valence-electron chi connectivity index (χ4n) is 3.86. The van der Waals surface area contributed by atoms with Gasteiger partial charge >= 0.3 is 0 Å². The fraction of sp³-hybridized carbons (Fsp3) is 0.480. The topological polar surface area (TPSA) is 60.0 Å². The third-order valence-electron chi connectivity index (χ3n) is 5.60. The minimum absolute atomic E-state index is 0.0345. The van der Waals surface area contributed by atoms with Gasteiger partial charge < -0.3 is 24.4 Å². The SMILES string of the molecule is COCCCOc1cc(C(=O)N(CCc2ccccc2)CC2CCNC2)ccc1OC. The molecule has 2 aromatic carbocycles. The van der Waals surface area contributed by atoms with Gasteiger partial charge in [-0.05, 0) is 55.6 Å². The summed E-state index contributed by atoms with van der Waals surface area (Å²) in [6.45, 7) is 4.57. The van der Waals surface area contributed by atoms with Crippen molar-refractivity contribution in [3.63, 3.8) is 0 Å². The van der Waals surface area contributed by atoms with Crippen molar-refractivity contribution in [3.05, 3.63) is 59.7 Å². The van der Waals surface area contributed by atoms with Crippen LogP contribution >= 0.6 is 0 Å². The second-order valence-electron chi connectivity index (χ2n) is 7.91. The van der Waals surface area contributed by atoms with Crippen molar-refractivity contribution < 1.29 is 19.0 Å². The van der Waals surface area contributed by atoms with E-state index in [0.29, 0.717) is 42.7 Å². The number of amides is 1. The number of carbonyl (C=O) groups is 1. The standard InChI is InChI=1S/C25H34N2O4/c1-29-15-6-16-31-24-17-22(9-10-23(24)30-2)25(28)27(19-21-11-13-26-18-21)14-12-20-7-4-3-5-8-20/h3-5,7-10,17,21,26H,6,11-16,18-19H2,1-2H3. The van der Waals surface area contributed by atoms with Gasteiger partial charge in [-0.2, -0.15) is 0 Å². The highest BCUT2D eigenvalue weighted by Crippen LogP contribution is 2.29. The van der Waals surface area contributed by atoms with Crippen LogP contribution in [-0.2, 0) is 11.2 Å². The van der Waals surface area contributed by atoms with Crippen molar-refractivity contribution in [1.29, 1.82) is 0 Å². The molecule has 1 fully saturated rings.